The first-order valence-corrected chi connectivity index (χ1v) is 7.64. The fourth-order valence-corrected chi connectivity index (χ4v) is 3.55. The number of hydrogen-bond acceptors (Lipinski definition) is 4. The molecule has 0 radical (unpaired) electrons. The number of thioether (sulfide) groups is 1. The molecule has 5 nitrogen and oxygen atoms in total. The number of hydrogen-bond donors (Lipinski definition) is 2. The van der Waals surface area contributed by atoms with Crippen molar-refractivity contribution >= 4 is 35.1 Å². The van der Waals surface area contributed by atoms with Crippen molar-refractivity contribution in [3.8, 4) is 0 Å². The molecule has 1 atom stereocenters. The molecule has 2 amide bonds. The second-order valence-electron chi connectivity index (χ2n) is 3.94. The summed E-state index contributed by atoms with van der Waals surface area (Å²) in [5.41, 5.74) is 1.19. The highest BCUT2D eigenvalue weighted by molar-refractivity contribution is 7.99. The van der Waals surface area contributed by atoms with Crippen LogP contribution in [0.15, 0.2) is 16.8 Å². The smallest absolute Gasteiger partial charge is 0.327 e. The van der Waals surface area contributed by atoms with Crippen LogP contribution in [0.2, 0.25) is 0 Å². The van der Waals surface area contributed by atoms with E-state index in [4.69, 9.17) is 5.11 Å². The molecule has 0 spiro atoms. The van der Waals surface area contributed by atoms with Gasteiger partial charge in [-0.1, -0.05) is 0 Å². The van der Waals surface area contributed by atoms with Crippen molar-refractivity contribution in [2.75, 3.05) is 18.2 Å². The van der Waals surface area contributed by atoms with Gasteiger partial charge in [-0.3, -0.25) is 0 Å². The molecule has 2 heterocycles. The van der Waals surface area contributed by atoms with Gasteiger partial charge >= 0.3 is 12.0 Å². The number of urea groups is 1. The molecule has 1 fully saturated rings. The maximum Gasteiger partial charge on any atom is 0.327 e. The Morgan fingerprint density at radius 2 is 2.39 bits per heavy atom. The quantitative estimate of drug-likeness (QED) is 0.879. The number of aliphatic carboxylic acids is 1. The standard InChI is InChI=1S/C11H14N2O3S2/c14-10(15)9-6-18-7-13(9)11(16)12-3-1-8-2-4-17-5-8/h2,4-5,9H,1,3,6-7H2,(H,12,16)(H,14,15)/t9-/m0/s1. The lowest BCUT2D eigenvalue weighted by Crippen LogP contribution is -2.47. The Labute approximate surface area is 113 Å². The zero-order valence-corrected chi connectivity index (χ0v) is 11.3. The van der Waals surface area contributed by atoms with Crippen LogP contribution in [0, 0.1) is 0 Å². The van der Waals surface area contributed by atoms with Crippen LogP contribution in [-0.4, -0.2) is 46.2 Å². The van der Waals surface area contributed by atoms with Gasteiger partial charge in [0.1, 0.15) is 6.04 Å². The molecule has 1 saturated heterocycles. The summed E-state index contributed by atoms with van der Waals surface area (Å²) in [6, 6.07) is 1.03. The Morgan fingerprint density at radius 1 is 1.56 bits per heavy atom. The highest BCUT2D eigenvalue weighted by atomic mass is 32.2. The third-order valence-electron chi connectivity index (χ3n) is 2.70. The lowest BCUT2D eigenvalue weighted by molar-refractivity contribution is -0.140. The van der Waals surface area contributed by atoms with Crippen LogP contribution in [0.4, 0.5) is 4.79 Å². The molecule has 2 N–H and O–H groups in total. The summed E-state index contributed by atoms with van der Waals surface area (Å²) < 4.78 is 0. The number of carbonyl (C=O) groups excluding carboxylic acids is 1. The minimum absolute atomic E-state index is 0.289. The summed E-state index contributed by atoms with van der Waals surface area (Å²) in [7, 11) is 0. The summed E-state index contributed by atoms with van der Waals surface area (Å²) in [6.45, 7) is 0.531. The molecule has 0 aliphatic carbocycles. The van der Waals surface area contributed by atoms with Gasteiger partial charge in [-0.15, -0.1) is 11.8 Å². The van der Waals surface area contributed by atoms with E-state index in [1.807, 2.05) is 16.8 Å². The zero-order valence-electron chi connectivity index (χ0n) is 9.67. The molecule has 2 rings (SSSR count). The van der Waals surface area contributed by atoms with Crippen molar-refractivity contribution < 1.29 is 14.7 Å². The molecule has 0 unspecified atom stereocenters. The Hall–Kier alpha value is -1.21. The molecule has 0 aromatic carbocycles. The Bertz CT molecular complexity index is 422. The fraction of sp³-hybridized carbons (Fsp3) is 0.455. The predicted octanol–water partition coefficient (Wildman–Crippen LogP) is 1.46. The van der Waals surface area contributed by atoms with Crippen molar-refractivity contribution in [2.45, 2.75) is 12.5 Å². The molecule has 1 aromatic heterocycles. The minimum atomic E-state index is -0.937. The lowest BCUT2D eigenvalue weighted by atomic mass is 10.2. The van der Waals surface area contributed by atoms with Crippen LogP contribution in [0.5, 0.6) is 0 Å². The summed E-state index contributed by atoms with van der Waals surface area (Å²) in [5, 5.41) is 15.8. The molecule has 98 valence electrons. The Morgan fingerprint density at radius 3 is 3.06 bits per heavy atom. The highest BCUT2D eigenvalue weighted by Crippen LogP contribution is 2.20. The molecular weight excluding hydrogens is 272 g/mol. The number of nitrogens with one attached hydrogen (secondary N) is 1. The van der Waals surface area contributed by atoms with E-state index in [0.717, 1.165) is 6.42 Å². The SMILES string of the molecule is O=C(O)[C@@H]1CSCN1C(=O)NCCc1ccsc1. The summed E-state index contributed by atoms with van der Waals surface area (Å²) in [4.78, 5) is 24.1. The monoisotopic (exact) mass is 286 g/mol. The van der Waals surface area contributed by atoms with Gasteiger partial charge in [-0.05, 0) is 28.8 Å². The highest BCUT2D eigenvalue weighted by Gasteiger charge is 2.34. The predicted molar refractivity (Wildman–Crippen MR) is 72.0 cm³/mol. The maximum absolute atomic E-state index is 11.8. The zero-order chi connectivity index (χ0) is 13.0. The van der Waals surface area contributed by atoms with Gasteiger partial charge in [0, 0.05) is 12.3 Å². The van der Waals surface area contributed by atoms with E-state index in [0.29, 0.717) is 18.2 Å². The molecule has 1 aliphatic rings. The van der Waals surface area contributed by atoms with Crippen molar-refractivity contribution in [2.24, 2.45) is 0 Å². The van der Waals surface area contributed by atoms with Gasteiger partial charge in [0.2, 0.25) is 0 Å². The first-order chi connectivity index (χ1) is 8.68. The van der Waals surface area contributed by atoms with E-state index < -0.39 is 12.0 Å². The van der Waals surface area contributed by atoms with Crippen molar-refractivity contribution in [1.29, 1.82) is 0 Å². The van der Waals surface area contributed by atoms with E-state index in [9.17, 15) is 9.59 Å². The van der Waals surface area contributed by atoms with Crippen LogP contribution < -0.4 is 5.32 Å². The molecule has 7 heteroatoms. The van der Waals surface area contributed by atoms with Gasteiger partial charge in [0.05, 0.1) is 5.88 Å². The summed E-state index contributed by atoms with van der Waals surface area (Å²) in [6.07, 6.45) is 0.772. The fourth-order valence-electron chi connectivity index (χ4n) is 1.70. The van der Waals surface area contributed by atoms with Crippen molar-refractivity contribution in [3.05, 3.63) is 22.4 Å². The third kappa shape index (κ3) is 3.17. The number of nitrogens with zero attached hydrogens (tertiary/aromatic N) is 1. The Balaban J connectivity index is 1.79. The van der Waals surface area contributed by atoms with E-state index >= 15 is 0 Å². The van der Waals surface area contributed by atoms with Gasteiger partial charge in [-0.2, -0.15) is 11.3 Å². The van der Waals surface area contributed by atoms with E-state index in [-0.39, 0.29) is 6.03 Å². The van der Waals surface area contributed by atoms with Crippen molar-refractivity contribution in [3.63, 3.8) is 0 Å². The van der Waals surface area contributed by atoms with Gasteiger partial charge < -0.3 is 15.3 Å². The van der Waals surface area contributed by atoms with Gasteiger partial charge in [-0.25, -0.2) is 9.59 Å². The van der Waals surface area contributed by atoms with Crippen LogP contribution in [0.1, 0.15) is 5.56 Å². The largest absolute Gasteiger partial charge is 0.480 e. The summed E-state index contributed by atoms with van der Waals surface area (Å²) in [5.74, 6) is -0.0258. The number of thiophene rings is 1. The number of carboxylic acid groups (broad SMARTS) is 1. The molecule has 0 bridgehead atoms. The van der Waals surface area contributed by atoms with Gasteiger partial charge in [0.25, 0.3) is 0 Å². The lowest BCUT2D eigenvalue weighted by Gasteiger charge is -2.20. The molecule has 18 heavy (non-hydrogen) atoms. The van der Waals surface area contributed by atoms with E-state index in [1.165, 1.54) is 22.2 Å². The van der Waals surface area contributed by atoms with Gasteiger partial charge in [0.15, 0.2) is 0 Å². The average molecular weight is 286 g/mol. The van der Waals surface area contributed by atoms with E-state index in [1.54, 1.807) is 11.3 Å². The van der Waals surface area contributed by atoms with Crippen LogP contribution in [0.25, 0.3) is 0 Å². The van der Waals surface area contributed by atoms with Crippen LogP contribution in [-0.2, 0) is 11.2 Å². The first-order valence-electron chi connectivity index (χ1n) is 5.54. The molecule has 1 aromatic rings. The topological polar surface area (TPSA) is 69.6 Å². The van der Waals surface area contributed by atoms with Crippen LogP contribution in [0.3, 0.4) is 0 Å². The Kier molecular flexibility index (Phi) is 4.48. The molecule has 1 aliphatic heterocycles. The second-order valence-corrected chi connectivity index (χ2v) is 5.72. The number of rotatable bonds is 4. The minimum Gasteiger partial charge on any atom is -0.480 e. The average Bonchev–Trinajstić information content (AvgIpc) is 2.99. The first kappa shape index (κ1) is 13.2. The normalized spacial score (nSPS) is 18.9. The summed E-state index contributed by atoms with van der Waals surface area (Å²) >= 11 is 3.09. The number of carbonyl (C=O) groups is 2. The number of amides is 2. The molecule has 0 saturated carbocycles. The van der Waals surface area contributed by atoms with Crippen LogP contribution >= 0.6 is 23.1 Å². The van der Waals surface area contributed by atoms with E-state index in [2.05, 4.69) is 5.32 Å². The maximum atomic E-state index is 11.8. The second kappa shape index (κ2) is 6.10. The molecular formula is C11H14N2O3S2. The number of carboxylic acids is 1. The third-order valence-corrected chi connectivity index (χ3v) is 4.44. The van der Waals surface area contributed by atoms with Crippen molar-refractivity contribution in [1.82, 2.24) is 10.2 Å².